The zero-order valence-electron chi connectivity index (χ0n) is 8.30. The van der Waals surface area contributed by atoms with E-state index in [1.165, 1.54) is 12.1 Å². The number of halogens is 3. The normalized spacial score (nSPS) is 10.5. The van der Waals surface area contributed by atoms with Gasteiger partial charge in [-0.05, 0) is 12.1 Å². The van der Waals surface area contributed by atoms with E-state index in [0.29, 0.717) is 0 Å². The minimum Gasteiger partial charge on any atom is -0.369 e. The Morgan fingerprint density at radius 2 is 2.06 bits per heavy atom. The Morgan fingerprint density at radius 1 is 1.35 bits per heavy atom. The number of hydrogen-bond donors (Lipinski definition) is 2. The van der Waals surface area contributed by atoms with Crippen molar-refractivity contribution in [1.29, 1.82) is 0 Å². The summed E-state index contributed by atoms with van der Waals surface area (Å²) in [7, 11) is 0. The zero-order chi connectivity index (χ0) is 12.6. The van der Waals surface area contributed by atoms with Gasteiger partial charge in [-0.25, -0.2) is 13.8 Å². The second kappa shape index (κ2) is 4.14. The fourth-order valence-electron chi connectivity index (χ4n) is 1.34. The summed E-state index contributed by atoms with van der Waals surface area (Å²) in [6.07, 6.45) is 0. The molecule has 0 unspecified atom stereocenters. The van der Waals surface area contributed by atoms with Gasteiger partial charge in [-0.15, -0.1) is 0 Å². The Balaban J connectivity index is 2.77. The van der Waals surface area contributed by atoms with Crippen LogP contribution in [0.1, 0.15) is 0 Å². The van der Waals surface area contributed by atoms with Gasteiger partial charge in [-0.2, -0.15) is 0 Å². The lowest BCUT2D eigenvalue weighted by atomic mass is 10.1. The van der Waals surface area contributed by atoms with Crippen molar-refractivity contribution >= 4 is 17.5 Å². The summed E-state index contributed by atoms with van der Waals surface area (Å²) >= 11 is 5.67. The van der Waals surface area contributed by atoms with Crippen molar-refractivity contribution in [2.75, 3.05) is 5.73 Å². The highest BCUT2D eigenvalue weighted by Gasteiger charge is 2.16. The van der Waals surface area contributed by atoms with Crippen molar-refractivity contribution in [1.82, 2.24) is 9.97 Å². The number of nitrogens with two attached hydrogens (primary N) is 1. The van der Waals surface area contributed by atoms with E-state index >= 15 is 0 Å². The second-order valence-corrected chi connectivity index (χ2v) is 3.59. The fourth-order valence-corrected chi connectivity index (χ4v) is 1.53. The maximum absolute atomic E-state index is 13.5. The fraction of sp³-hybridized carbons (Fsp3) is 0. The molecular weight excluding hydrogens is 252 g/mol. The van der Waals surface area contributed by atoms with Crippen molar-refractivity contribution in [3.8, 4) is 11.3 Å². The molecule has 0 aliphatic rings. The Bertz CT molecular complexity index is 642. The number of nitrogen functional groups attached to an aromatic ring is 1. The summed E-state index contributed by atoms with van der Waals surface area (Å²) in [5.41, 5.74) is 4.20. The molecule has 4 nitrogen and oxygen atoms in total. The van der Waals surface area contributed by atoms with Crippen LogP contribution in [0.3, 0.4) is 0 Å². The van der Waals surface area contributed by atoms with E-state index in [2.05, 4.69) is 9.97 Å². The number of aromatic amines is 1. The number of H-pyrrole nitrogens is 1. The molecule has 0 aliphatic carbocycles. The maximum Gasteiger partial charge on any atom is 0.271 e. The van der Waals surface area contributed by atoms with Gasteiger partial charge in [0.1, 0.15) is 10.7 Å². The first-order valence-electron chi connectivity index (χ1n) is 4.50. The maximum atomic E-state index is 13.5. The van der Waals surface area contributed by atoms with Gasteiger partial charge in [-0.3, -0.25) is 9.78 Å². The molecule has 3 N–H and O–H groups in total. The van der Waals surface area contributed by atoms with E-state index in [-0.39, 0.29) is 22.2 Å². The number of nitrogens with zero attached hydrogens (tertiary/aromatic N) is 1. The molecule has 0 bridgehead atoms. The molecule has 0 aliphatic heterocycles. The van der Waals surface area contributed by atoms with E-state index in [4.69, 9.17) is 17.3 Å². The Morgan fingerprint density at radius 3 is 2.76 bits per heavy atom. The third-order valence-corrected chi connectivity index (χ3v) is 2.44. The van der Waals surface area contributed by atoms with Gasteiger partial charge >= 0.3 is 0 Å². The first kappa shape index (κ1) is 11.5. The average Bonchev–Trinajstić information content (AvgIpc) is 2.27. The average molecular weight is 258 g/mol. The minimum absolute atomic E-state index is 0.190. The summed E-state index contributed by atoms with van der Waals surface area (Å²) < 4.78 is 26.5. The van der Waals surface area contributed by atoms with Crippen LogP contribution in [0.15, 0.2) is 23.0 Å². The molecular formula is C10H6ClF2N3O. The largest absolute Gasteiger partial charge is 0.369 e. The van der Waals surface area contributed by atoms with Crippen LogP contribution in [0.5, 0.6) is 0 Å². The number of hydrogen-bond acceptors (Lipinski definition) is 3. The minimum atomic E-state index is -1.13. The van der Waals surface area contributed by atoms with Crippen LogP contribution in [0.4, 0.5) is 14.7 Å². The van der Waals surface area contributed by atoms with E-state index in [9.17, 15) is 13.6 Å². The lowest BCUT2D eigenvalue weighted by Crippen LogP contribution is -2.13. The lowest BCUT2D eigenvalue weighted by Gasteiger charge is -2.05. The summed E-state index contributed by atoms with van der Waals surface area (Å²) in [6.45, 7) is 0. The Kier molecular flexibility index (Phi) is 2.81. The number of rotatable bonds is 1. The van der Waals surface area contributed by atoms with Crippen molar-refractivity contribution in [3.05, 3.63) is 45.2 Å². The molecule has 1 aromatic carbocycles. The van der Waals surface area contributed by atoms with Crippen molar-refractivity contribution < 1.29 is 8.78 Å². The van der Waals surface area contributed by atoms with Crippen LogP contribution in [-0.4, -0.2) is 9.97 Å². The van der Waals surface area contributed by atoms with Gasteiger partial charge in [0.25, 0.3) is 5.56 Å². The molecule has 17 heavy (non-hydrogen) atoms. The quantitative estimate of drug-likeness (QED) is 0.820. The van der Waals surface area contributed by atoms with E-state index in [1.54, 1.807) is 0 Å². The first-order chi connectivity index (χ1) is 8.00. The van der Waals surface area contributed by atoms with Crippen LogP contribution >= 0.6 is 11.6 Å². The van der Waals surface area contributed by atoms with Crippen molar-refractivity contribution in [3.63, 3.8) is 0 Å². The molecule has 1 heterocycles. The highest BCUT2D eigenvalue weighted by atomic mass is 35.5. The first-order valence-corrected chi connectivity index (χ1v) is 4.88. The lowest BCUT2D eigenvalue weighted by molar-refractivity contribution is 0.511. The molecule has 1 aromatic heterocycles. The van der Waals surface area contributed by atoms with Crippen LogP contribution in [0, 0.1) is 11.6 Å². The predicted octanol–water partition coefficient (Wildman–Crippen LogP) is 1.95. The van der Waals surface area contributed by atoms with Gasteiger partial charge in [0.15, 0.2) is 11.6 Å². The molecule has 0 fully saturated rings. The van der Waals surface area contributed by atoms with Gasteiger partial charge in [0.2, 0.25) is 5.95 Å². The van der Waals surface area contributed by atoms with Crippen molar-refractivity contribution in [2.24, 2.45) is 0 Å². The summed E-state index contributed by atoms with van der Waals surface area (Å²) in [4.78, 5) is 17.1. The molecule has 2 aromatic rings. The van der Waals surface area contributed by atoms with E-state index in [1.807, 2.05) is 0 Å². The topological polar surface area (TPSA) is 71.8 Å². The predicted molar refractivity (Wildman–Crippen MR) is 59.6 cm³/mol. The summed E-state index contributed by atoms with van der Waals surface area (Å²) in [5.74, 6) is -2.41. The number of aromatic nitrogens is 2. The van der Waals surface area contributed by atoms with Crippen LogP contribution in [-0.2, 0) is 0 Å². The number of benzene rings is 1. The molecule has 0 spiro atoms. The third-order valence-electron chi connectivity index (χ3n) is 2.09. The Hall–Kier alpha value is -1.95. The third kappa shape index (κ3) is 1.99. The van der Waals surface area contributed by atoms with Crippen LogP contribution in [0.25, 0.3) is 11.3 Å². The monoisotopic (exact) mass is 257 g/mol. The number of anilines is 1. The standard InChI is InChI=1S/C10H6ClF2N3O/c11-6-8(15-10(14)16-9(6)17)4-2-1-3-5(12)7(4)13/h1-3H,(H3,14,15,16,17). The van der Waals surface area contributed by atoms with Gasteiger partial charge in [0.05, 0.1) is 0 Å². The van der Waals surface area contributed by atoms with Gasteiger partial charge in [0, 0.05) is 5.56 Å². The second-order valence-electron chi connectivity index (χ2n) is 3.22. The van der Waals surface area contributed by atoms with Crippen molar-refractivity contribution in [2.45, 2.75) is 0 Å². The van der Waals surface area contributed by atoms with Gasteiger partial charge in [-0.1, -0.05) is 17.7 Å². The molecule has 88 valence electrons. The summed E-state index contributed by atoms with van der Waals surface area (Å²) in [5, 5.41) is -0.344. The highest BCUT2D eigenvalue weighted by Crippen LogP contribution is 2.26. The zero-order valence-corrected chi connectivity index (χ0v) is 9.05. The summed E-state index contributed by atoms with van der Waals surface area (Å²) in [6, 6.07) is 3.48. The van der Waals surface area contributed by atoms with Crippen LogP contribution < -0.4 is 11.3 Å². The Labute approximate surface area is 99.1 Å². The molecule has 0 atom stereocenters. The van der Waals surface area contributed by atoms with E-state index < -0.39 is 17.2 Å². The van der Waals surface area contributed by atoms with Crippen LogP contribution in [0.2, 0.25) is 5.02 Å². The molecule has 0 saturated heterocycles. The SMILES string of the molecule is Nc1nc(-c2cccc(F)c2F)c(Cl)c(=O)[nH]1. The molecule has 0 saturated carbocycles. The highest BCUT2D eigenvalue weighted by molar-refractivity contribution is 6.32. The van der Waals surface area contributed by atoms with Gasteiger partial charge < -0.3 is 5.73 Å². The molecule has 7 heteroatoms. The number of nitrogens with one attached hydrogen (secondary N) is 1. The molecule has 2 rings (SSSR count). The molecule has 0 radical (unpaired) electrons. The van der Waals surface area contributed by atoms with E-state index in [0.717, 1.165) is 6.07 Å². The smallest absolute Gasteiger partial charge is 0.271 e. The molecule has 0 amide bonds.